The normalized spacial score (nSPS) is 13.4. The molecule has 1 saturated heterocycles. The lowest BCUT2D eigenvalue weighted by atomic mass is 10.2. The average molecular weight is 465 g/mol. The lowest BCUT2D eigenvalue weighted by molar-refractivity contribution is -0.128. The molecule has 10 heteroatoms. The Morgan fingerprint density at radius 3 is 2.47 bits per heavy atom. The van der Waals surface area contributed by atoms with E-state index in [1.54, 1.807) is 36.4 Å². The summed E-state index contributed by atoms with van der Waals surface area (Å²) in [4.78, 5) is 30.4. The summed E-state index contributed by atoms with van der Waals surface area (Å²) in [5.74, 6) is 1.34. The Labute approximate surface area is 197 Å². The van der Waals surface area contributed by atoms with E-state index in [0.717, 1.165) is 17.6 Å². The molecule has 2 heterocycles. The Bertz CT molecular complexity index is 1140. The molecule has 0 radical (unpaired) electrons. The quantitative estimate of drug-likeness (QED) is 0.495. The summed E-state index contributed by atoms with van der Waals surface area (Å²) < 4.78 is 12.4. The van der Waals surface area contributed by atoms with Gasteiger partial charge in [-0.25, -0.2) is 0 Å². The summed E-state index contributed by atoms with van der Waals surface area (Å²) in [5.41, 5.74) is 7.05. The summed E-state index contributed by atoms with van der Waals surface area (Å²) >= 11 is 0. The predicted molar refractivity (Wildman–Crippen MR) is 127 cm³/mol. The summed E-state index contributed by atoms with van der Waals surface area (Å²) in [6.07, 6.45) is 1.58. The number of amides is 1. The fourth-order valence-corrected chi connectivity index (χ4v) is 3.57. The highest BCUT2D eigenvalue weighted by Gasteiger charge is 2.19. The molecule has 0 saturated carbocycles. The van der Waals surface area contributed by atoms with Crippen LogP contribution in [0.5, 0.6) is 11.5 Å². The number of anilines is 3. The molecular weight excluding hydrogens is 436 g/mol. The number of nitrogens with one attached hydrogen (secondary N) is 1. The van der Waals surface area contributed by atoms with Crippen molar-refractivity contribution in [3.63, 3.8) is 0 Å². The van der Waals surface area contributed by atoms with E-state index in [2.05, 4.69) is 15.4 Å². The van der Waals surface area contributed by atoms with Crippen LogP contribution in [-0.2, 0) is 4.79 Å². The van der Waals surface area contributed by atoms with Crippen LogP contribution in [0.1, 0.15) is 37.0 Å². The lowest BCUT2D eigenvalue weighted by Crippen LogP contribution is -2.29. The number of hydrogen-bond acceptors (Lipinski definition) is 8. The molecule has 0 unspecified atom stereocenters. The van der Waals surface area contributed by atoms with Crippen molar-refractivity contribution in [2.45, 2.75) is 32.8 Å². The number of likely N-dealkylation sites (tertiary alicyclic amines) is 1. The van der Waals surface area contributed by atoms with Crippen molar-refractivity contribution < 1.29 is 19.1 Å². The van der Waals surface area contributed by atoms with Crippen LogP contribution in [0.3, 0.4) is 0 Å². The zero-order valence-corrected chi connectivity index (χ0v) is 19.2. The molecule has 0 atom stereocenters. The first-order valence-corrected chi connectivity index (χ1v) is 11.2. The molecule has 34 heavy (non-hydrogen) atoms. The Balaban J connectivity index is 1.34. The third kappa shape index (κ3) is 5.64. The zero-order chi connectivity index (χ0) is 24.1. The highest BCUT2D eigenvalue weighted by Crippen LogP contribution is 2.20. The molecule has 2 aromatic carbocycles. The molecule has 4 rings (SSSR count). The number of benzene rings is 2. The number of ether oxygens (including phenoxy) is 2. The molecule has 3 aromatic rings. The second kappa shape index (κ2) is 10.2. The first kappa shape index (κ1) is 23.1. The van der Waals surface area contributed by atoms with E-state index in [1.165, 1.54) is 0 Å². The number of nitrogens with zero attached hydrogens (tertiary/aromatic N) is 4. The summed E-state index contributed by atoms with van der Waals surface area (Å²) in [6.45, 7) is 5.69. The van der Waals surface area contributed by atoms with Gasteiger partial charge in [0.2, 0.25) is 17.8 Å². The largest absolute Gasteiger partial charge is 0.492 e. The van der Waals surface area contributed by atoms with E-state index >= 15 is 0 Å². The van der Waals surface area contributed by atoms with E-state index in [4.69, 9.17) is 15.2 Å². The van der Waals surface area contributed by atoms with Crippen LogP contribution in [0.15, 0.2) is 48.5 Å². The number of nitrogens with two attached hydrogens (primary N) is 1. The zero-order valence-electron chi connectivity index (χ0n) is 19.2. The molecule has 10 nitrogen and oxygen atoms in total. The van der Waals surface area contributed by atoms with E-state index in [9.17, 15) is 9.59 Å². The number of hydrogen-bond donors (Lipinski definition) is 2. The van der Waals surface area contributed by atoms with Crippen LogP contribution in [0, 0.1) is 0 Å². The van der Waals surface area contributed by atoms with E-state index in [1.807, 2.05) is 30.9 Å². The molecule has 1 fully saturated rings. The Hall–Kier alpha value is -4.08. The van der Waals surface area contributed by atoms with Crippen LogP contribution < -0.4 is 20.5 Å². The Morgan fingerprint density at radius 1 is 1.12 bits per heavy atom. The van der Waals surface area contributed by atoms with Crippen molar-refractivity contribution in [3.8, 4) is 11.5 Å². The van der Waals surface area contributed by atoms with Crippen LogP contribution in [0.25, 0.3) is 0 Å². The van der Waals surface area contributed by atoms with Gasteiger partial charge >= 0.3 is 0 Å². The third-order valence-corrected chi connectivity index (χ3v) is 5.21. The average Bonchev–Trinajstić information content (AvgIpc) is 3.39. The van der Waals surface area contributed by atoms with E-state index in [-0.39, 0.29) is 23.9 Å². The third-order valence-electron chi connectivity index (χ3n) is 5.21. The maximum absolute atomic E-state index is 12.8. The van der Waals surface area contributed by atoms with Gasteiger partial charge in [0, 0.05) is 24.2 Å². The van der Waals surface area contributed by atoms with E-state index in [0.29, 0.717) is 42.3 Å². The van der Waals surface area contributed by atoms with Gasteiger partial charge in [-0.2, -0.15) is 9.67 Å². The van der Waals surface area contributed by atoms with Crippen LogP contribution >= 0.6 is 0 Å². The number of carbonyl (C=O) groups is 2. The molecule has 178 valence electrons. The minimum Gasteiger partial charge on any atom is -0.492 e. The maximum atomic E-state index is 12.8. The highest BCUT2D eigenvalue weighted by atomic mass is 16.5. The van der Waals surface area contributed by atoms with Gasteiger partial charge in [-0.3, -0.25) is 9.59 Å². The number of nitrogen functional groups attached to an aromatic ring is 1. The minimum atomic E-state index is -0.394. The molecule has 0 spiro atoms. The van der Waals surface area contributed by atoms with Crippen molar-refractivity contribution in [2.75, 3.05) is 30.7 Å². The van der Waals surface area contributed by atoms with Gasteiger partial charge in [-0.1, -0.05) is 0 Å². The van der Waals surface area contributed by atoms with Crippen molar-refractivity contribution in [1.29, 1.82) is 0 Å². The minimum absolute atomic E-state index is 0.0218. The van der Waals surface area contributed by atoms with Crippen molar-refractivity contribution in [2.24, 2.45) is 0 Å². The fourth-order valence-electron chi connectivity index (χ4n) is 3.57. The summed E-state index contributed by atoms with van der Waals surface area (Å²) in [6, 6.07) is 14.0. The molecule has 0 aliphatic carbocycles. The standard InChI is InChI=1S/C24H28N6O4/c1-16(2)34-20-9-5-17(6-10-20)22(32)30-23(25)27-24(28-30)26-18-7-11-19(12-8-18)33-15-14-29-13-3-4-21(29)31/h5-12,16H,3-4,13-15H2,1-2H3,(H3,25,26,27,28). The Morgan fingerprint density at radius 2 is 1.82 bits per heavy atom. The Kier molecular flexibility index (Phi) is 6.95. The number of rotatable bonds is 9. The maximum Gasteiger partial charge on any atom is 0.281 e. The first-order chi connectivity index (χ1) is 16.4. The molecule has 1 amide bonds. The van der Waals surface area contributed by atoms with Crippen LogP contribution in [-0.4, -0.2) is 57.3 Å². The van der Waals surface area contributed by atoms with Crippen molar-refractivity contribution in [1.82, 2.24) is 19.7 Å². The second-order valence-electron chi connectivity index (χ2n) is 8.18. The molecule has 3 N–H and O–H groups in total. The predicted octanol–water partition coefficient (Wildman–Crippen LogP) is 3.08. The number of aromatic nitrogens is 3. The van der Waals surface area contributed by atoms with Gasteiger partial charge in [0.25, 0.3) is 5.91 Å². The van der Waals surface area contributed by atoms with Crippen molar-refractivity contribution >= 4 is 29.4 Å². The van der Waals surface area contributed by atoms with Gasteiger partial charge < -0.3 is 25.4 Å². The summed E-state index contributed by atoms with van der Waals surface area (Å²) in [7, 11) is 0. The van der Waals surface area contributed by atoms with Gasteiger partial charge in [0.05, 0.1) is 12.6 Å². The van der Waals surface area contributed by atoms with E-state index < -0.39 is 5.91 Å². The summed E-state index contributed by atoms with van der Waals surface area (Å²) in [5, 5.41) is 7.23. The monoisotopic (exact) mass is 464 g/mol. The lowest BCUT2D eigenvalue weighted by Gasteiger charge is -2.15. The first-order valence-electron chi connectivity index (χ1n) is 11.2. The molecule has 1 aliphatic heterocycles. The SMILES string of the molecule is CC(C)Oc1ccc(C(=O)n2nc(Nc3ccc(OCCN4CCCC4=O)cc3)nc2N)cc1. The molecule has 1 aliphatic rings. The topological polar surface area (TPSA) is 125 Å². The highest BCUT2D eigenvalue weighted by molar-refractivity contribution is 5.97. The molecule has 0 bridgehead atoms. The van der Waals surface area contributed by atoms with Gasteiger partial charge in [0.15, 0.2) is 0 Å². The van der Waals surface area contributed by atoms with Crippen LogP contribution in [0.4, 0.5) is 17.6 Å². The fraction of sp³-hybridized carbons (Fsp3) is 0.333. The molecular formula is C24H28N6O4. The van der Waals surface area contributed by atoms with Crippen molar-refractivity contribution in [3.05, 3.63) is 54.1 Å². The van der Waals surface area contributed by atoms with Crippen LogP contribution in [0.2, 0.25) is 0 Å². The van der Waals surface area contributed by atoms with Gasteiger partial charge in [0.1, 0.15) is 18.1 Å². The second-order valence-corrected chi connectivity index (χ2v) is 8.18. The smallest absolute Gasteiger partial charge is 0.281 e. The van der Waals surface area contributed by atoms with Gasteiger partial charge in [-0.05, 0) is 68.8 Å². The molecule has 1 aromatic heterocycles. The number of carbonyl (C=O) groups excluding carboxylic acids is 2. The van der Waals surface area contributed by atoms with Gasteiger partial charge in [-0.15, -0.1) is 5.10 Å².